The van der Waals surface area contributed by atoms with Gasteiger partial charge in [0.25, 0.3) is 0 Å². The molecular weight excluding hydrogens is 807 g/mol. The van der Waals surface area contributed by atoms with Crippen molar-refractivity contribution in [2.75, 3.05) is 39.5 Å². The van der Waals surface area contributed by atoms with Gasteiger partial charge in [-0.25, -0.2) is 0 Å². The van der Waals surface area contributed by atoms with Crippen LogP contribution >= 0.6 is 0 Å². The van der Waals surface area contributed by atoms with Crippen LogP contribution < -0.4 is 5.32 Å². The first-order chi connectivity index (χ1) is 30.1. The molecule has 0 amide bonds. The number of carbonyl (C=O) groups excluding carboxylic acids is 6. The maximum absolute atomic E-state index is 12.7. The molecule has 0 radical (unpaired) electrons. The third kappa shape index (κ3) is 49.7. The van der Waals surface area contributed by atoms with Crippen molar-refractivity contribution in [3.8, 4) is 0 Å². The zero-order valence-electron chi connectivity index (χ0n) is 41.0. The summed E-state index contributed by atoms with van der Waals surface area (Å²) >= 11 is 0. The number of ether oxygens (including phenoxy) is 6. The molecule has 0 spiro atoms. The van der Waals surface area contributed by atoms with Gasteiger partial charge in [-0.1, -0.05) is 159 Å². The SMILES string of the molecule is C.CC.CC.CCCCCCCC(=O)OCC(COC(=O)CCCCCC)OC(=O)CCC[NH2+]CCCC(=O)OC(COC(=O)CCCCCCC)COC(=O)CCCCCCC. The fourth-order valence-electron chi connectivity index (χ4n) is 5.99. The van der Waals surface area contributed by atoms with Gasteiger partial charge in [-0.3, -0.25) is 28.8 Å². The quantitative estimate of drug-likeness (QED) is 0.0350. The van der Waals surface area contributed by atoms with Crippen molar-refractivity contribution in [1.82, 2.24) is 0 Å². The van der Waals surface area contributed by atoms with Gasteiger partial charge in [0, 0.05) is 38.5 Å². The van der Waals surface area contributed by atoms with E-state index in [0.717, 1.165) is 122 Å². The minimum atomic E-state index is -0.882. The monoisotopic (exact) mass is 905 g/mol. The predicted octanol–water partition coefficient (Wildman–Crippen LogP) is 10.8. The van der Waals surface area contributed by atoms with Crippen LogP contribution in [0, 0.1) is 0 Å². The number of rotatable bonds is 41. The Hall–Kier alpha value is -3.22. The minimum absolute atomic E-state index is 0. The fraction of sp³-hybridized carbons (Fsp3) is 0.880. The molecule has 0 aliphatic heterocycles. The molecule has 0 rings (SSSR count). The van der Waals surface area contributed by atoms with Gasteiger partial charge >= 0.3 is 35.8 Å². The number of esters is 6. The van der Waals surface area contributed by atoms with Crippen molar-refractivity contribution in [2.24, 2.45) is 0 Å². The topological polar surface area (TPSA) is 174 Å². The number of nitrogens with two attached hydrogens (primary N) is 1. The maximum Gasteiger partial charge on any atom is 0.306 e. The van der Waals surface area contributed by atoms with E-state index in [0.29, 0.717) is 45.2 Å². The Kier molecular flexibility index (Phi) is 56.0. The Bertz CT molecular complexity index is 1040. The van der Waals surface area contributed by atoms with E-state index in [1.165, 1.54) is 0 Å². The normalized spacial score (nSPS) is 10.8. The second-order valence-corrected chi connectivity index (χ2v) is 15.3. The first-order valence-corrected chi connectivity index (χ1v) is 25.0. The molecule has 0 aliphatic carbocycles. The predicted molar refractivity (Wildman–Crippen MR) is 252 cm³/mol. The lowest BCUT2D eigenvalue weighted by Crippen LogP contribution is -2.84. The van der Waals surface area contributed by atoms with Crippen LogP contribution in [-0.4, -0.2) is 87.5 Å². The Morgan fingerprint density at radius 3 is 0.810 bits per heavy atom. The molecule has 63 heavy (non-hydrogen) atoms. The van der Waals surface area contributed by atoms with E-state index in [1.54, 1.807) is 0 Å². The van der Waals surface area contributed by atoms with Crippen molar-refractivity contribution in [3.63, 3.8) is 0 Å². The fourth-order valence-corrected chi connectivity index (χ4v) is 5.99. The second-order valence-electron chi connectivity index (χ2n) is 15.3. The molecule has 1 atom stereocenters. The summed E-state index contributed by atoms with van der Waals surface area (Å²) in [5, 5.41) is 1.99. The minimum Gasteiger partial charge on any atom is -0.462 e. The van der Waals surface area contributed by atoms with Gasteiger partial charge in [-0.05, 0) is 25.7 Å². The van der Waals surface area contributed by atoms with E-state index in [1.807, 2.05) is 33.0 Å². The van der Waals surface area contributed by atoms with Crippen LogP contribution in [0.3, 0.4) is 0 Å². The van der Waals surface area contributed by atoms with Gasteiger partial charge in [-0.15, -0.1) is 0 Å². The van der Waals surface area contributed by atoms with E-state index in [9.17, 15) is 28.8 Å². The summed E-state index contributed by atoms with van der Waals surface area (Å²) in [6, 6.07) is 0. The number of carbonyl (C=O) groups is 6. The lowest BCUT2D eigenvalue weighted by Gasteiger charge is -2.18. The molecule has 0 saturated carbocycles. The molecule has 0 aliphatic rings. The van der Waals surface area contributed by atoms with Crippen molar-refractivity contribution in [1.29, 1.82) is 0 Å². The van der Waals surface area contributed by atoms with Gasteiger partial charge in [0.2, 0.25) is 0 Å². The van der Waals surface area contributed by atoms with Crippen LogP contribution in [0.15, 0.2) is 0 Å². The van der Waals surface area contributed by atoms with Gasteiger partial charge in [0.15, 0.2) is 12.2 Å². The molecule has 1 unspecified atom stereocenters. The Morgan fingerprint density at radius 2 is 0.556 bits per heavy atom. The number of hydrogen-bond donors (Lipinski definition) is 1. The second kappa shape index (κ2) is 53.1. The van der Waals surface area contributed by atoms with Gasteiger partial charge in [0.05, 0.1) is 25.9 Å². The molecule has 0 fully saturated rings. The molecule has 13 nitrogen and oxygen atoms in total. The summed E-state index contributed by atoms with van der Waals surface area (Å²) in [7, 11) is 0. The summed E-state index contributed by atoms with van der Waals surface area (Å²) in [4.78, 5) is 74.5. The molecule has 0 aromatic carbocycles. The van der Waals surface area contributed by atoms with Crippen LogP contribution in [0.2, 0.25) is 0 Å². The molecule has 0 aromatic rings. The standard InChI is InChI=1S/C45H81NO12.2C2H6.CH4/c1-5-9-13-17-21-27-41(48)54-35-38(34-53-40(47)26-20-16-12-8-4)57-44(51)30-24-32-46-33-25-31-45(52)58-39(36-55-42(49)28-22-18-14-10-6-2)37-56-43(50)29-23-19-15-11-7-3;2*1-2;/h38-39,46H,5-37H2,1-4H3;2*1-2H3;1H4/p+1. The van der Waals surface area contributed by atoms with Gasteiger partial charge in [-0.2, -0.15) is 0 Å². The molecule has 0 heterocycles. The highest BCUT2D eigenvalue weighted by molar-refractivity contribution is 5.72. The first-order valence-electron chi connectivity index (χ1n) is 25.0. The summed E-state index contributed by atoms with van der Waals surface area (Å²) < 4.78 is 32.6. The molecule has 0 aromatic heterocycles. The van der Waals surface area contributed by atoms with E-state index in [-0.39, 0.29) is 77.0 Å². The zero-order valence-corrected chi connectivity index (χ0v) is 41.0. The first kappa shape index (κ1) is 66.4. The lowest BCUT2D eigenvalue weighted by atomic mass is 10.1. The zero-order chi connectivity index (χ0) is 46.9. The van der Waals surface area contributed by atoms with Crippen LogP contribution in [0.5, 0.6) is 0 Å². The summed E-state index contributed by atoms with van der Waals surface area (Å²) in [6.45, 7) is 17.0. The molecule has 374 valence electrons. The van der Waals surface area contributed by atoms with E-state index in [4.69, 9.17) is 28.4 Å². The Morgan fingerprint density at radius 1 is 0.333 bits per heavy atom. The molecule has 0 bridgehead atoms. The maximum atomic E-state index is 12.7. The average molecular weight is 905 g/mol. The molecule has 13 heteroatoms. The summed E-state index contributed by atoms with van der Waals surface area (Å²) in [5.41, 5.74) is 0. The largest absolute Gasteiger partial charge is 0.462 e. The van der Waals surface area contributed by atoms with Crippen molar-refractivity contribution in [2.45, 2.75) is 248 Å². The van der Waals surface area contributed by atoms with Gasteiger partial charge in [0.1, 0.15) is 26.4 Å². The summed E-state index contributed by atoms with van der Waals surface area (Å²) in [6.07, 6.45) is 19.5. The van der Waals surface area contributed by atoms with Crippen molar-refractivity contribution in [3.05, 3.63) is 0 Å². The van der Waals surface area contributed by atoms with E-state index >= 15 is 0 Å². The Balaban J connectivity index is -0.00000337. The Labute approximate surface area is 385 Å². The third-order valence-electron chi connectivity index (χ3n) is 9.58. The highest BCUT2D eigenvalue weighted by Crippen LogP contribution is 2.11. The van der Waals surface area contributed by atoms with Crippen LogP contribution in [0.1, 0.15) is 236 Å². The van der Waals surface area contributed by atoms with E-state index in [2.05, 4.69) is 27.7 Å². The smallest absolute Gasteiger partial charge is 0.306 e. The van der Waals surface area contributed by atoms with Crippen molar-refractivity contribution >= 4 is 35.8 Å². The average Bonchev–Trinajstić information content (AvgIpc) is 3.27. The van der Waals surface area contributed by atoms with Crippen LogP contribution in [0.25, 0.3) is 0 Å². The highest BCUT2D eigenvalue weighted by atomic mass is 16.6. The van der Waals surface area contributed by atoms with Gasteiger partial charge < -0.3 is 33.7 Å². The highest BCUT2D eigenvalue weighted by Gasteiger charge is 2.21. The number of quaternary nitrogens is 1. The third-order valence-corrected chi connectivity index (χ3v) is 9.58. The molecular formula is C50H98NO12+. The molecule has 0 saturated heterocycles. The van der Waals surface area contributed by atoms with Crippen LogP contribution in [0.4, 0.5) is 0 Å². The van der Waals surface area contributed by atoms with E-state index < -0.39 is 24.1 Å². The number of unbranched alkanes of at least 4 members (excludes halogenated alkanes) is 15. The number of hydrogen-bond acceptors (Lipinski definition) is 12. The molecule has 2 N–H and O–H groups in total. The summed E-state index contributed by atoms with van der Waals surface area (Å²) in [5.74, 6) is -2.41. The van der Waals surface area contributed by atoms with Crippen LogP contribution in [-0.2, 0) is 57.2 Å². The van der Waals surface area contributed by atoms with Crippen molar-refractivity contribution < 1.29 is 62.5 Å². The lowest BCUT2D eigenvalue weighted by molar-refractivity contribution is -0.655.